The van der Waals surface area contributed by atoms with E-state index in [0.29, 0.717) is 6.42 Å². The third-order valence-corrected chi connectivity index (χ3v) is 2.17. The number of aryl methyl sites for hydroxylation is 1. The number of hydrogen-bond donors (Lipinski definition) is 1. The Labute approximate surface area is 76.9 Å². The lowest BCUT2D eigenvalue weighted by Crippen LogP contribution is -2.35. The zero-order chi connectivity index (χ0) is 9.64. The van der Waals surface area contributed by atoms with Crippen LogP contribution in [0.4, 0.5) is 5.82 Å². The Hall–Kier alpha value is -1.16. The zero-order valence-electron chi connectivity index (χ0n) is 8.07. The largest absolute Gasteiger partial charge is 0.369 e. The number of aliphatic imine (C=N–C) groups is 1. The van der Waals surface area contributed by atoms with Crippen LogP contribution in [0.5, 0.6) is 0 Å². The summed E-state index contributed by atoms with van der Waals surface area (Å²) in [6, 6.07) is 1.87. The molecule has 1 N–H and O–H groups in total. The van der Waals surface area contributed by atoms with E-state index in [9.17, 15) is 5.11 Å². The van der Waals surface area contributed by atoms with Gasteiger partial charge in [0.1, 0.15) is 0 Å². The monoisotopic (exact) mass is 179 g/mol. The van der Waals surface area contributed by atoms with Crippen molar-refractivity contribution in [2.45, 2.75) is 32.9 Å². The van der Waals surface area contributed by atoms with Crippen LogP contribution in [0.1, 0.15) is 26.0 Å². The van der Waals surface area contributed by atoms with Crippen LogP contribution in [0, 0.1) is 6.92 Å². The van der Waals surface area contributed by atoms with Crippen LogP contribution in [0.2, 0.25) is 0 Å². The fraction of sp³-hybridized carbons (Fsp3) is 0.556. The van der Waals surface area contributed by atoms with E-state index >= 15 is 0 Å². The Morgan fingerprint density at radius 2 is 2.23 bits per heavy atom. The minimum Gasteiger partial charge on any atom is -0.369 e. The van der Waals surface area contributed by atoms with Crippen molar-refractivity contribution < 1.29 is 5.11 Å². The third kappa shape index (κ3) is 1.27. The first-order chi connectivity index (χ1) is 5.99. The quantitative estimate of drug-likeness (QED) is 0.653. The third-order valence-electron chi connectivity index (χ3n) is 2.17. The van der Waals surface area contributed by atoms with Crippen LogP contribution in [0.3, 0.4) is 0 Å². The molecule has 4 heteroatoms. The van der Waals surface area contributed by atoms with E-state index in [4.69, 9.17) is 0 Å². The molecule has 2 rings (SSSR count). The number of aromatic nitrogens is 2. The van der Waals surface area contributed by atoms with Crippen LogP contribution in [0.15, 0.2) is 11.1 Å². The van der Waals surface area contributed by atoms with Gasteiger partial charge in [-0.15, -0.1) is 0 Å². The number of hydrogen-bond acceptors (Lipinski definition) is 3. The fourth-order valence-electron chi connectivity index (χ4n) is 1.71. The molecular formula is C9H13N3O. The summed E-state index contributed by atoms with van der Waals surface area (Å²) in [4.78, 5) is 4.32. The van der Waals surface area contributed by atoms with Crippen LogP contribution in [-0.4, -0.2) is 20.6 Å². The lowest BCUT2D eigenvalue weighted by molar-refractivity contribution is -0.0234. The van der Waals surface area contributed by atoms with E-state index in [1.807, 2.05) is 19.9 Å². The maximum absolute atomic E-state index is 10.0. The van der Waals surface area contributed by atoms with E-state index in [-0.39, 0.29) is 0 Å². The molecule has 0 radical (unpaired) electrons. The summed E-state index contributed by atoms with van der Waals surface area (Å²) >= 11 is 0. The van der Waals surface area contributed by atoms with Gasteiger partial charge >= 0.3 is 0 Å². The highest BCUT2D eigenvalue weighted by atomic mass is 16.3. The van der Waals surface area contributed by atoms with Crippen molar-refractivity contribution in [1.29, 1.82) is 0 Å². The Morgan fingerprint density at radius 1 is 1.54 bits per heavy atom. The van der Waals surface area contributed by atoms with E-state index in [1.54, 1.807) is 11.6 Å². The Kier molecular flexibility index (Phi) is 1.57. The summed E-state index contributed by atoms with van der Waals surface area (Å²) in [5.74, 6) is 0.742. The van der Waals surface area contributed by atoms with Gasteiger partial charge in [-0.25, -0.2) is 9.67 Å². The second-order valence-electron chi connectivity index (χ2n) is 3.80. The summed E-state index contributed by atoms with van der Waals surface area (Å²) in [6.45, 7) is 5.56. The highest BCUT2D eigenvalue weighted by molar-refractivity contribution is 5.85. The average Bonchev–Trinajstić information content (AvgIpc) is 2.28. The maximum atomic E-state index is 10.0. The molecule has 0 amide bonds. The zero-order valence-corrected chi connectivity index (χ0v) is 8.07. The Balaban J connectivity index is 2.61. The minimum atomic E-state index is -0.921. The van der Waals surface area contributed by atoms with Gasteiger partial charge in [-0.2, -0.15) is 5.10 Å². The molecule has 1 aliphatic heterocycles. The van der Waals surface area contributed by atoms with Gasteiger partial charge in [0.15, 0.2) is 11.5 Å². The molecule has 1 aromatic heterocycles. The number of rotatable bonds is 0. The van der Waals surface area contributed by atoms with Crippen LogP contribution < -0.4 is 0 Å². The lowest BCUT2D eigenvalue weighted by Gasteiger charge is -2.28. The topological polar surface area (TPSA) is 50.4 Å². The molecule has 0 aliphatic carbocycles. The molecule has 4 nitrogen and oxygen atoms in total. The van der Waals surface area contributed by atoms with Crippen molar-refractivity contribution in [3.8, 4) is 0 Å². The summed E-state index contributed by atoms with van der Waals surface area (Å²) in [5, 5.41) is 14.2. The molecule has 0 fully saturated rings. The van der Waals surface area contributed by atoms with Gasteiger partial charge in [0.2, 0.25) is 0 Å². The van der Waals surface area contributed by atoms with Crippen molar-refractivity contribution in [1.82, 2.24) is 9.78 Å². The molecular weight excluding hydrogens is 166 g/mol. The Morgan fingerprint density at radius 3 is 2.92 bits per heavy atom. The molecule has 0 aromatic carbocycles. The van der Waals surface area contributed by atoms with Crippen molar-refractivity contribution >= 4 is 11.5 Å². The summed E-state index contributed by atoms with van der Waals surface area (Å²) in [6.07, 6.45) is 0.543. The van der Waals surface area contributed by atoms with E-state index < -0.39 is 5.72 Å². The maximum Gasteiger partial charge on any atom is 0.162 e. The van der Waals surface area contributed by atoms with Crippen LogP contribution in [0.25, 0.3) is 0 Å². The van der Waals surface area contributed by atoms with Crippen LogP contribution in [-0.2, 0) is 5.72 Å². The summed E-state index contributed by atoms with van der Waals surface area (Å²) in [5.41, 5.74) is 0.904. The predicted molar refractivity (Wildman–Crippen MR) is 50.2 cm³/mol. The average molecular weight is 179 g/mol. The van der Waals surface area contributed by atoms with Gasteiger partial charge in [0.05, 0.1) is 5.69 Å². The lowest BCUT2D eigenvalue weighted by atomic mass is 10.1. The number of aliphatic hydroxyl groups is 1. The predicted octanol–water partition coefficient (Wildman–Crippen LogP) is 1.35. The number of nitrogens with zero attached hydrogens (tertiary/aromatic N) is 3. The molecule has 0 spiro atoms. The molecule has 13 heavy (non-hydrogen) atoms. The van der Waals surface area contributed by atoms with Gasteiger partial charge in [-0.05, 0) is 20.8 Å². The number of fused-ring (bicyclic) bond motifs is 1. The normalized spacial score (nSPS) is 26.9. The van der Waals surface area contributed by atoms with Crippen molar-refractivity contribution in [2.24, 2.45) is 4.99 Å². The van der Waals surface area contributed by atoms with Gasteiger partial charge in [0, 0.05) is 18.2 Å². The molecule has 1 aliphatic rings. The molecule has 0 saturated heterocycles. The Bertz CT molecular complexity index is 376. The van der Waals surface area contributed by atoms with Gasteiger partial charge in [-0.1, -0.05) is 0 Å². The summed E-state index contributed by atoms with van der Waals surface area (Å²) < 4.78 is 1.58. The second-order valence-corrected chi connectivity index (χ2v) is 3.80. The van der Waals surface area contributed by atoms with E-state index in [1.165, 1.54) is 0 Å². The van der Waals surface area contributed by atoms with Gasteiger partial charge < -0.3 is 5.11 Å². The first kappa shape index (κ1) is 8.44. The molecule has 0 bridgehead atoms. The van der Waals surface area contributed by atoms with E-state index in [2.05, 4.69) is 10.1 Å². The molecule has 2 heterocycles. The highest BCUT2D eigenvalue weighted by Crippen LogP contribution is 2.30. The fourth-order valence-corrected chi connectivity index (χ4v) is 1.71. The molecule has 1 aromatic rings. The summed E-state index contributed by atoms with van der Waals surface area (Å²) in [7, 11) is 0. The minimum absolute atomic E-state index is 0.543. The van der Waals surface area contributed by atoms with Crippen molar-refractivity contribution in [3.63, 3.8) is 0 Å². The second kappa shape index (κ2) is 2.42. The SMILES string of the molecule is CC1=Nc2cc(C)nn2C(C)(O)C1. The molecule has 70 valence electrons. The molecule has 1 unspecified atom stereocenters. The van der Waals surface area contributed by atoms with Crippen molar-refractivity contribution in [2.75, 3.05) is 0 Å². The highest BCUT2D eigenvalue weighted by Gasteiger charge is 2.30. The molecule has 1 atom stereocenters. The van der Waals surface area contributed by atoms with Gasteiger partial charge in [-0.3, -0.25) is 0 Å². The smallest absolute Gasteiger partial charge is 0.162 e. The first-order valence-electron chi connectivity index (χ1n) is 4.33. The molecule has 0 saturated carbocycles. The van der Waals surface area contributed by atoms with Crippen LogP contribution >= 0.6 is 0 Å². The standard InChI is InChI=1S/C9H13N3O/c1-6-4-8-10-7(2)5-9(3,13)12(8)11-6/h4,13H,5H2,1-3H3. The van der Waals surface area contributed by atoms with Gasteiger partial charge in [0.25, 0.3) is 0 Å². The van der Waals surface area contributed by atoms with Crippen molar-refractivity contribution in [3.05, 3.63) is 11.8 Å². The first-order valence-corrected chi connectivity index (χ1v) is 4.33. The van der Waals surface area contributed by atoms with E-state index in [0.717, 1.165) is 17.2 Å².